The van der Waals surface area contributed by atoms with E-state index in [-0.39, 0.29) is 0 Å². The van der Waals surface area contributed by atoms with E-state index in [1.165, 1.54) is 0 Å². The highest BCUT2D eigenvalue weighted by Gasteiger charge is 2.21. The Morgan fingerprint density at radius 1 is 0.286 bits per heavy atom. The van der Waals surface area contributed by atoms with E-state index in [0.29, 0.717) is 17.5 Å². The summed E-state index contributed by atoms with van der Waals surface area (Å²) in [7, 11) is 0. The molecule has 0 aliphatic carbocycles. The first-order chi connectivity index (χ1) is 27.7. The van der Waals surface area contributed by atoms with Gasteiger partial charge in [0.25, 0.3) is 0 Å². The molecule has 5 nitrogen and oxygen atoms in total. The first-order valence-corrected chi connectivity index (χ1v) is 18.7. The standard InChI is InChI=1S/C51H31N3O2/c1-4-14-32(15-5-1)33-26-28-36(29-27-33)50-52-49(35-18-8-3-9-19-35)53-51(54-50)41-23-13-25-44-47(41)40-22-12-21-38(48(40)56-44)37-30-42(34-16-6-2-7-17-34)46-39-20-10-11-24-43(39)55-45(46)31-37/h1-31H. The van der Waals surface area contributed by atoms with Gasteiger partial charge in [-0.05, 0) is 52.1 Å². The Morgan fingerprint density at radius 3 is 1.55 bits per heavy atom. The molecule has 56 heavy (non-hydrogen) atoms. The van der Waals surface area contributed by atoms with Crippen molar-refractivity contribution < 1.29 is 8.83 Å². The zero-order chi connectivity index (χ0) is 37.0. The van der Waals surface area contributed by atoms with Crippen LogP contribution in [0.4, 0.5) is 0 Å². The summed E-state index contributed by atoms with van der Waals surface area (Å²) in [5, 5.41) is 4.13. The molecule has 0 atom stereocenters. The summed E-state index contributed by atoms with van der Waals surface area (Å²) in [4.78, 5) is 15.3. The Labute approximate surface area is 322 Å². The van der Waals surface area contributed by atoms with Crippen LogP contribution in [-0.2, 0) is 0 Å². The van der Waals surface area contributed by atoms with Gasteiger partial charge in [-0.15, -0.1) is 0 Å². The van der Waals surface area contributed by atoms with Crippen LogP contribution in [0.5, 0.6) is 0 Å². The lowest BCUT2D eigenvalue weighted by atomic mass is 9.93. The molecule has 5 heteroatoms. The molecule has 11 aromatic rings. The molecule has 0 amide bonds. The second-order valence-corrected chi connectivity index (χ2v) is 13.9. The highest BCUT2D eigenvalue weighted by Crippen LogP contribution is 2.44. The zero-order valence-electron chi connectivity index (χ0n) is 30.1. The monoisotopic (exact) mass is 717 g/mol. The first kappa shape index (κ1) is 31.9. The second-order valence-electron chi connectivity index (χ2n) is 13.9. The number of rotatable bonds is 6. The lowest BCUT2D eigenvalue weighted by molar-refractivity contribution is 0.668. The summed E-state index contributed by atoms with van der Waals surface area (Å²) in [5.74, 6) is 1.79. The lowest BCUT2D eigenvalue weighted by Gasteiger charge is -2.10. The topological polar surface area (TPSA) is 65.0 Å². The van der Waals surface area contributed by atoms with Crippen LogP contribution >= 0.6 is 0 Å². The number of aromatic nitrogens is 3. The summed E-state index contributed by atoms with van der Waals surface area (Å²) in [6.07, 6.45) is 0. The third-order valence-corrected chi connectivity index (χ3v) is 10.6. The maximum Gasteiger partial charge on any atom is 0.164 e. The van der Waals surface area contributed by atoms with Crippen molar-refractivity contribution in [3.05, 3.63) is 188 Å². The fourth-order valence-corrected chi connectivity index (χ4v) is 7.90. The molecule has 0 saturated carbocycles. The fraction of sp³-hybridized carbons (Fsp3) is 0. The number of fused-ring (bicyclic) bond motifs is 6. The molecule has 262 valence electrons. The van der Waals surface area contributed by atoms with Crippen molar-refractivity contribution in [3.8, 4) is 67.5 Å². The maximum atomic E-state index is 6.80. The normalized spacial score (nSPS) is 11.6. The molecule has 0 N–H and O–H groups in total. The molecule has 0 aliphatic rings. The molecule has 0 spiro atoms. The minimum atomic E-state index is 0.578. The average molecular weight is 718 g/mol. The van der Waals surface area contributed by atoms with E-state index < -0.39 is 0 Å². The van der Waals surface area contributed by atoms with Crippen molar-refractivity contribution in [2.24, 2.45) is 0 Å². The Hall–Kier alpha value is -7.63. The van der Waals surface area contributed by atoms with Crippen LogP contribution in [-0.4, -0.2) is 15.0 Å². The number of hydrogen-bond donors (Lipinski definition) is 0. The van der Waals surface area contributed by atoms with Crippen LogP contribution in [0.25, 0.3) is 111 Å². The Kier molecular flexibility index (Phi) is 7.42. The van der Waals surface area contributed by atoms with Crippen LogP contribution in [0.15, 0.2) is 197 Å². The fourth-order valence-electron chi connectivity index (χ4n) is 7.90. The predicted molar refractivity (Wildman–Crippen MR) is 227 cm³/mol. The third kappa shape index (κ3) is 5.37. The molecule has 0 unspecified atom stereocenters. The summed E-state index contributed by atoms with van der Waals surface area (Å²) >= 11 is 0. The van der Waals surface area contributed by atoms with Crippen molar-refractivity contribution in [1.29, 1.82) is 0 Å². The highest BCUT2D eigenvalue weighted by molar-refractivity contribution is 6.17. The summed E-state index contributed by atoms with van der Waals surface area (Å²) in [6, 6.07) is 64.4. The van der Waals surface area contributed by atoms with Gasteiger partial charge in [0, 0.05) is 43.8 Å². The minimum absolute atomic E-state index is 0.578. The van der Waals surface area contributed by atoms with Gasteiger partial charge in [-0.25, -0.2) is 15.0 Å². The van der Waals surface area contributed by atoms with Crippen LogP contribution in [0.1, 0.15) is 0 Å². The Morgan fingerprint density at radius 2 is 0.804 bits per heavy atom. The van der Waals surface area contributed by atoms with Crippen LogP contribution < -0.4 is 0 Å². The van der Waals surface area contributed by atoms with E-state index in [9.17, 15) is 0 Å². The van der Waals surface area contributed by atoms with Crippen LogP contribution in [0.2, 0.25) is 0 Å². The smallest absolute Gasteiger partial charge is 0.164 e. The van der Waals surface area contributed by atoms with Crippen LogP contribution in [0, 0.1) is 0 Å². The highest BCUT2D eigenvalue weighted by atomic mass is 16.3. The van der Waals surface area contributed by atoms with E-state index >= 15 is 0 Å². The minimum Gasteiger partial charge on any atom is -0.456 e. The Balaban J connectivity index is 1.10. The summed E-state index contributed by atoms with van der Waals surface area (Å²) < 4.78 is 13.3. The van der Waals surface area contributed by atoms with Gasteiger partial charge in [0.05, 0.1) is 0 Å². The molecule has 11 rings (SSSR count). The van der Waals surface area contributed by atoms with Crippen LogP contribution in [0.3, 0.4) is 0 Å². The second kappa shape index (κ2) is 13.0. The Bertz CT molecular complexity index is 3220. The number of furan rings is 2. The molecular formula is C51H31N3O2. The van der Waals surface area contributed by atoms with Crippen molar-refractivity contribution in [1.82, 2.24) is 15.0 Å². The largest absolute Gasteiger partial charge is 0.456 e. The van der Waals surface area contributed by atoms with Gasteiger partial charge in [-0.2, -0.15) is 0 Å². The van der Waals surface area contributed by atoms with Gasteiger partial charge >= 0.3 is 0 Å². The zero-order valence-corrected chi connectivity index (χ0v) is 30.1. The van der Waals surface area contributed by atoms with Crippen molar-refractivity contribution in [2.45, 2.75) is 0 Å². The molecule has 3 aromatic heterocycles. The van der Waals surface area contributed by atoms with Crippen molar-refractivity contribution in [3.63, 3.8) is 0 Å². The van der Waals surface area contributed by atoms with Gasteiger partial charge in [0.1, 0.15) is 22.3 Å². The van der Waals surface area contributed by atoms with Gasteiger partial charge in [-0.1, -0.05) is 164 Å². The molecule has 0 radical (unpaired) electrons. The van der Waals surface area contributed by atoms with E-state index in [4.69, 9.17) is 23.8 Å². The first-order valence-electron chi connectivity index (χ1n) is 18.7. The lowest BCUT2D eigenvalue weighted by Crippen LogP contribution is -2.00. The van der Waals surface area contributed by atoms with E-state index in [1.807, 2.05) is 66.7 Å². The third-order valence-electron chi connectivity index (χ3n) is 10.6. The average Bonchev–Trinajstić information content (AvgIpc) is 3.86. The summed E-state index contributed by atoms with van der Waals surface area (Å²) in [5.41, 5.74) is 12.5. The van der Waals surface area contributed by atoms with Gasteiger partial charge < -0.3 is 8.83 Å². The van der Waals surface area contributed by atoms with Gasteiger partial charge in [-0.3, -0.25) is 0 Å². The van der Waals surface area contributed by atoms with Crippen molar-refractivity contribution in [2.75, 3.05) is 0 Å². The van der Waals surface area contributed by atoms with Crippen molar-refractivity contribution >= 4 is 43.9 Å². The summed E-state index contributed by atoms with van der Waals surface area (Å²) in [6.45, 7) is 0. The molecule has 0 bridgehead atoms. The molecule has 0 fully saturated rings. The number of para-hydroxylation sites is 2. The molecule has 0 saturated heterocycles. The SMILES string of the molecule is c1ccc(-c2ccc(-c3nc(-c4ccccc4)nc(-c4cccc5oc6c(-c7cc(-c8ccccc8)c8c(c7)oc7ccccc78)cccc6c45)n3)cc2)cc1. The number of nitrogens with zero attached hydrogens (tertiary/aromatic N) is 3. The molecule has 0 aliphatic heterocycles. The molecule has 3 heterocycles. The van der Waals surface area contributed by atoms with E-state index in [0.717, 1.165) is 93.9 Å². The quantitative estimate of drug-likeness (QED) is 0.171. The van der Waals surface area contributed by atoms with E-state index in [2.05, 4.69) is 121 Å². The predicted octanol–water partition coefficient (Wildman–Crippen LogP) is 13.7. The number of hydrogen-bond acceptors (Lipinski definition) is 5. The molecule has 8 aromatic carbocycles. The van der Waals surface area contributed by atoms with E-state index in [1.54, 1.807) is 0 Å². The van der Waals surface area contributed by atoms with Gasteiger partial charge in [0.2, 0.25) is 0 Å². The number of benzene rings is 8. The molecular weight excluding hydrogens is 687 g/mol. The maximum absolute atomic E-state index is 6.80. The van der Waals surface area contributed by atoms with Gasteiger partial charge in [0.15, 0.2) is 17.5 Å².